The Morgan fingerprint density at radius 3 is 2.71 bits per heavy atom. The molecular formula is C23H32N2O3. The molecule has 3 aliphatic rings. The quantitative estimate of drug-likeness (QED) is 0.782. The van der Waals surface area contributed by atoms with E-state index in [1.165, 1.54) is 5.56 Å². The summed E-state index contributed by atoms with van der Waals surface area (Å²) in [5.41, 5.74) is 1.03. The van der Waals surface area contributed by atoms with Crippen LogP contribution in [0.3, 0.4) is 0 Å². The van der Waals surface area contributed by atoms with Gasteiger partial charge in [-0.3, -0.25) is 9.69 Å². The van der Waals surface area contributed by atoms with Gasteiger partial charge in [0.15, 0.2) is 0 Å². The Labute approximate surface area is 168 Å². The van der Waals surface area contributed by atoms with Crippen LogP contribution in [0.5, 0.6) is 5.75 Å². The van der Waals surface area contributed by atoms with Gasteiger partial charge in [0.2, 0.25) is 5.91 Å². The topological polar surface area (TPSA) is 42.0 Å². The largest absolute Gasteiger partial charge is 0.497 e. The van der Waals surface area contributed by atoms with E-state index in [0.717, 1.165) is 77.2 Å². The van der Waals surface area contributed by atoms with E-state index in [-0.39, 0.29) is 5.41 Å². The Morgan fingerprint density at radius 2 is 1.96 bits per heavy atom. The van der Waals surface area contributed by atoms with E-state index in [4.69, 9.17) is 9.47 Å². The van der Waals surface area contributed by atoms with E-state index in [0.29, 0.717) is 11.9 Å². The third-order valence-electron chi connectivity index (χ3n) is 6.62. The maximum absolute atomic E-state index is 13.4. The number of benzene rings is 1. The highest BCUT2D eigenvalue weighted by atomic mass is 16.5. The Balaban J connectivity index is 1.34. The molecule has 3 heterocycles. The minimum absolute atomic E-state index is 0.148. The summed E-state index contributed by atoms with van der Waals surface area (Å²) < 4.78 is 10.7. The maximum Gasteiger partial charge on any atom is 0.230 e. The third kappa shape index (κ3) is 4.11. The van der Waals surface area contributed by atoms with Crippen LogP contribution in [0.15, 0.2) is 30.3 Å². The lowest BCUT2D eigenvalue weighted by Gasteiger charge is -2.44. The zero-order valence-electron chi connectivity index (χ0n) is 16.9. The molecule has 0 aliphatic carbocycles. The summed E-state index contributed by atoms with van der Waals surface area (Å²) in [6.07, 6.45) is 9.54. The molecule has 1 spiro atoms. The molecule has 3 saturated heterocycles. The fraction of sp³-hybridized carbons (Fsp3) is 0.609. The van der Waals surface area contributed by atoms with E-state index < -0.39 is 0 Å². The number of piperidine rings is 1. The van der Waals surface area contributed by atoms with Crippen LogP contribution in [0, 0.1) is 5.41 Å². The molecule has 1 atom stereocenters. The van der Waals surface area contributed by atoms with E-state index >= 15 is 0 Å². The minimum Gasteiger partial charge on any atom is -0.497 e. The van der Waals surface area contributed by atoms with Crippen molar-refractivity contribution in [3.8, 4) is 5.75 Å². The van der Waals surface area contributed by atoms with Crippen molar-refractivity contribution in [1.82, 2.24) is 9.80 Å². The van der Waals surface area contributed by atoms with E-state index in [1.807, 2.05) is 12.1 Å². The first kappa shape index (κ1) is 19.5. The van der Waals surface area contributed by atoms with E-state index in [2.05, 4.69) is 34.1 Å². The molecule has 152 valence electrons. The monoisotopic (exact) mass is 384 g/mol. The predicted octanol–water partition coefficient (Wildman–Crippen LogP) is 3.20. The molecule has 28 heavy (non-hydrogen) atoms. The SMILES string of the molecule is COc1ccc(C=CCN2CCC3(CCCN(C4CCOCC4)C3=O)C2)cc1. The lowest BCUT2D eigenvalue weighted by atomic mass is 9.77. The molecule has 5 heteroatoms. The zero-order chi connectivity index (χ0) is 19.4. The fourth-order valence-electron chi connectivity index (χ4n) is 4.99. The lowest BCUT2D eigenvalue weighted by Crippen LogP contribution is -2.54. The number of rotatable bonds is 5. The molecule has 0 bridgehead atoms. The molecule has 0 saturated carbocycles. The van der Waals surface area contributed by atoms with Gasteiger partial charge in [0.05, 0.1) is 12.5 Å². The second-order valence-corrected chi connectivity index (χ2v) is 8.39. The van der Waals surface area contributed by atoms with Crippen LogP contribution in [0.25, 0.3) is 6.08 Å². The molecule has 1 unspecified atom stereocenters. The van der Waals surface area contributed by atoms with Crippen LogP contribution in [-0.2, 0) is 9.53 Å². The average molecular weight is 385 g/mol. The van der Waals surface area contributed by atoms with Crippen molar-refractivity contribution in [3.63, 3.8) is 0 Å². The van der Waals surface area contributed by atoms with Gasteiger partial charge in [-0.05, 0) is 56.3 Å². The molecule has 5 nitrogen and oxygen atoms in total. The molecule has 0 radical (unpaired) electrons. The number of carbonyl (C=O) groups excluding carboxylic acids is 1. The molecule has 1 aromatic carbocycles. The molecule has 1 aromatic rings. The van der Waals surface area contributed by atoms with Crippen LogP contribution >= 0.6 is 0 Å². The van der Waals surface area contributed by atoms with Gasteiger partial charge in [-0.2, -0.15) is 0 Å². The maximum atomic E-state index is 13.4. The number of hydrogen-bond acceptors (Lipinski definition) is 4. The summed E-state index contributed by atoms with van der Waals surface area (Å²) in [5, 5.41) is 0. The van der Waals surface area contributed by atoms with Gasteiger partial charge in [-0.1, -0.05) is 24.3 Å². The van der Waals surface area contributed by atoms with Crippen molar-refractivity contribution in [2.75, 3.05) is 46.5 Å². The summed E-state index contributed by atoms with van der Waals surface area (Å²) in [7, 11) is 1.68. The van der Waals surface area contributed by atoms with E-state index in [1.54, 1.807) is 7.11 Å². The Hall–Kier alpha value is -1.85. The Bertz CT molecular complexity index is 696. The first-order valence-electron chi connectivity index (χ1n) is 10.6. The second-order valence-electron chi connectivity index (χ2n) is 8.39. The van der Waals surface area contributed by atoms with Crippen molar-refractivity contribution in [3.05, 3.63) is 35.9 Å². The molecular weight excluding hydrogens is 352 g/mol. The lowest BCUT2D eigenvalue weighted by molar-refractivity contribution is -0.150. The van der Waals surface area contributed by atoms with Crippen molar-refractivity contribution in [1.29, 1.82) is 0 Å². The first-order chi connectivity index (χ1) is 13.7. The van der Waals surface area contributed by atoms with Gasteiger partial charge in [-0.25, -0.2) is 0 Å². The number of likely N-dealkylation sites (tertiary alicyclic amines) is 2. The second kappa shape index (κ2) is 8.66. The summed E-state index contributed by atoms with van der Waals surface area (Å²) in [5.74, 6) is 1.29. The Kier molecular flexibility index (Phi) is 6.02. The highest BCUT2D eigenvalue weighted by Gasteiger charge is 2.49. The van der Waals surface area contributed by atoms with Gasteiger partial charge in [0.1, 0.15) is 5.75 Å². The van der Waals surface area contributed by atoms with Gasteiger partial charge < -0.3 is 14.4 Å². The molecule has 0 N–H and O–H groups in total. The van der Waals surface area contributed by atoms with Crippen molar-refractivity contribution < 1.29 is 14.3 Å². The standard InChI is InChI=1S/C23H32N2O3/c1-27-21-7-5-19(6-8-21)4-2-13-24-15-12-23(18-24)11-3-14-25(22(23)26)20-9-16-28-17-10-20/h2,4-8,20H,3,9-18H2,1H3. The smallest absolute Gasteiger partial charge is 0.230 e. The fourth-order valence-corrected chi connectivity index (χ4v) is 4.99. The van der Waals surface area contributed by atoms with Crippen molar-refractivity contribution in [2.45, 2.75) is 38.1 Å². The summed E-state index contributed by atoms with van der Waals surface area (Å²) in [6.45, 7) is 5.34. The predicted molar refractivity (Wildman–Crippen MR) is 110 cm³/mol. The van der Waals surface area contributed by atoms with Crippen molar-refractivity contribution in [2.24, 2.45) is 5.41 Å². The normalized spacial score (nSPS) is 27.2. The van der Waals surface area contributed by atoms with Gasteiger partial charge >= 0.3 is 0 Å². The highest BCUT2D eigenvalue weighted by molar-refractivity contribution is 5.84. The molecule has 1 amide bonds. The molecule has 3 aliphatic heterocycles. The first-order valence-corrected chi connectivity index (χ1v) is 10.6. The van der Waals surface area contributed by atoms with Gasteiger partial charge in [-0.15, -0.1) is 0 Å². The number of amides is 1. The van der Waals surface area contributed by atoms with Crippen LogP contribution in [0.4, 0.5) is 0 Å². The summed E-state index contributed by atoms with van der Waals surface area (Å²) in [4.78, 5) is 18.0. The minimum atomic E-state index is -0.148. The highest BCUT2D eigenvalue weighted by Crippen LogP contribution is 2.41. The summed E-state index contributed by atoms with van der Waals surface area (Å²) in [6, 6.07) is 8.49. The van der Waals surface area contributed by atoms with Gasteiger partial charge in [0.25, 0.3) is 0 Å². The van der Waals surface area contributed by atoms with Crippen LogP contribution in [0.2, 0.25) is 0 Å². The Morgan fingerprint density at radius 1 is 1.18 bits per heavy atom. The molecule has 3 fully saturated rings. The van der Waals surface area contributed by atoms with Crippen LogP contribution < -0.4 is 4.74 Å². The third-order valence-corrected chi connectivity index (χ3v) is 6.62. The zero-order valence-corrected chi connectivity index (χ0v) is 16.9. The van der Waals surface area contributed by atoms with Crippen LogP contribution in [0.1, 0.15) is 37.7 Å². The molecule has 0 aromatic heterocycles. The van der Waals surface area contributed by atoms with Gasteiger partial charge in [0, 0.05) is 38.9 Å². The number of methoxy groups -OCH3 is 1. The molecule has 4 rings (SSSR count). The average Bonchev–Trinajstić information content (AvgIpc) is 3.15. The van der Waals surface area contributed by atoms with E-state index in [9.17, 15) is 4.79 Å². The number of nitrogens with zero attached hydrogens (tertiary/aromatic N) is 2. The number of carbonyl (C=O) groups is 1. The number of ether oxygens (including phenoxy) is 2. The van der Waals surface area contributed by atoms with Crippen LogP contribution in [-0.4, -0.2) is 68.3 Å². The van der Waals surface area contributed by atoms with Crippen molar-refractivity contribution >= 4 is 12.0 Å². The summed E-state index contributed by atoms with van der Waals surface area (Å²) >= 11 is 0. The number of hydrogen-bond donors (Lipinski definition) is 0.